The van der Waals surface area contributed by atoms with Crippen LogP contribution in [0.1, 0.15) is 17.4 Å². The highest BCUT2D eigenvalue weighted by molar-refractivity contribution is 6.01. The van der Waals surface area contributed by atoms with Gasteiger partial charge in [0, 0.05) is 18.5 Å². The number of fused-ring (bicyclic) bond motifs is 1. The lowest BCUT2D eigenvalue weighted by Gasteiger charge is -2.12. The van der Waals surface area contributed by atoms with Gasteiger partial charge in [0.05, 0.1) is 12.1 Å². The summed E-state index contributed by atoms with van der Waals surface area (Å²) >= 11 is 0. The maximum Gasteiger partial charge on any atom is 0.357 e. The van der Waals surface area contributed by atoms with Gasteiger partial charge in [-0.05, 0) is 13.0 Å². The van der Waals surface area contributed by atoms with E-state index in [9.17, 15) is 9.59 Å². The summed E-state index contributed by atoms with van der Waals surface area (Å²) in [4.78, 5) is 23.1. The molecule has 21 heavy (non-hydrogen) atoms. The molecular formula is C14H17N3O4. The Labute approximate surface area is 121 Å². The molecule has 1 amide bonds. The van der Waals surface area contributed by atoms with Crippen LogP contribution in [0.15, 0.2) is 24.3 Å². The van der Waals surface area contributed by atoms with E-state index in [0.717, 1.165) is 0 Å². The molecule has 112 valence electrons. The average Bonchev–Trinajstić information content (AvgIpc) is 2.78. The van der Waals surface area contributed by atoms with Gasteiger partial charge in [0.15, 0.2) is 5.69 Å². The first kappa shape index (κ1) is 15.0. The predicted molar refractivity (Wildman–Crippen MR) is 76.2 cm³/mol. The first-order valence-corrected chi connectivity index (χ1v) is 6.50. The number of rotatable bonds is 6. The Bertz CT molecular complexity index is 665. The summed E-state index contributed by atoms with van der Waals surface area (Å²) in [6, 6.07) is 6.80. The molecule has 0 aliphatic carbocycles. The third-order valence-corrected chi connectivity index (χ3v) is 2.98. The second kappa shape index (κ2) is 6.36. The van der Waals surface area contributed by atoms with Crippen molar-refractivity contribution in [3.63, 3.8) is 0 Å². The van der Waals surface area contributed by atoms with Crippen molar-refractivity contribution in [1.82, 2.24) is 15.1 Å². The maximum atomic E-state index is 11.9. The largest absolute Gasteiger partial charge is 0.476 e. The van der Waals surface area contributed by atoms with Crippen molar-refractivity contribution in [1.29, 1.82) is 0 Å². The zero-order valence-electron chi connectivity index (χ0n) is 11.9. The predicted octanol–water partition coefficient (Wildman–Crippen LogP) is 0.886. The van der Waals surface area contributed by atoms with Crippen LogP contribution in [0.5, 0.6) is 0 Å². The number of methoxy groups -OCH3 is 1. The fourth-order valence-corrected chi connectivity index (χ4v) is 2.15. The van der Waals surface area contributed by atoms with E-state index in [1.165, 1.54) is 4.68 Å². The van der Waals surface area contributed by atoms with Crippen molar-refractivity contribution in [3.05, 3.63) is 30.0 Å². The number of nitrogens with one attached hydrogen (secondary N) is 1. The SMILES string of the molecule is COCC(C)NC(=O)Cn1nc(C(=O)O)c2ccccc21. The Morgan fingerprint density at radius 3 is 2.81 bits per heavy atom. The molecular weight excluding hydrogens is 274 g/mol. The van der Waals surface area contributed by atoms with Crippen LogP contribution in [-0.4, -0.2) is 46.5 Å². The molecule has 2 N–H and O–H groups in total. The number of aromatic nitrogens is 2. The molecule has 1 unspecified atom stereocenters. The number of hydrogen-bond acceptors (Lipinski definition) is 4. The number of carboxylic acids is 1. The molecule has 2 aromatic rings. The fourth-order valence-electron chi connectivity index (χ4n) is 2.15. The molecule has 0 saturated carbocycles. The minimum atomic E-state index is -1.11. The lowest BCUT2D eigenvalue weighted by molar-refractivity contribution is -0.122. The standard InChI is InChI=1S/C14H17N3O4/c1-9(8-21-2)15-12(18)7-17-11-6-4-3-5-10(11)13(16-17)14(19)20/h3-6,9H,7-8H2,1-2H3,(H,15,18)(H,19,20). The zero-order chi connectivity index (χ0) is 15.4. The molecule has 1 aromatic carbocycles. The van der Waals surface area contributed by atoms with Crippen molar-refractivity contribution >= 4 is 22.8 Å². The summed E-state index contributed by atoms with van der Waals surface area (Å²) < 4.78 is 6.34. The van der Waals surface area contributed by atoms with Crippen LogP contribution < -0.4 is 5.32 Å². The number of carbonyl (C=O) groups is 2. The Morgan fingerprint density at radius 1 is 1.43 bits per heavy atom. The smallest absolute Gasteiger partial charge is 0.357 e. The van der Waals surface area contributed by atoms with Crippen LogP contribution in [-0.2, 0) is 16.1 Å². The minimum Gasteiger partial charge on any atom is -0.476 e. The van der Waals surface area contributed by atoms with Crippen molar-refractivity contribution in [2.75, 3.05) is 13.7 Å². The first-order valence-electron chi connectivity index (χ1n) is 6.50. The molecule has 0 aliphatic heterocycles. The van der Waals surface area contributed by atoms with Crippen molar-refractivity contribution < 1.29 is 19.4 Å². The molecule has 1 heterocycles. The van der Waals surface area contributed by atoms with E-state index in [2.05, 4.69) is 10.4 Å². The topological polar surface area (TPSA) is 93.5 Å². The fraction of sp³-hybridized carbons (Fsp3) is 0.357. The zero-order valence-corrected chi connectivity index (χ0v) is 11.9. The summed E-state index contributed by atoms with van der Waals surface area (Å²) in [5.74, 6) is -1.36. The van der Waals surface area contributed by atoms with Gasteiger partial charge >= 0.3 is 5.97 Å². The number of amides is 1. The van der Waals surface area contributed by atoms with E-state index in [1.54, 1.807) is 31.4 Å². The maximum absolute atomic E-state index is 11.9. The lowest BCUT2D eigenvalue weighted by Crippen LogP contribution is -2.37. The van der Waals surface area contributed by atoms with Crippen LogP contribution in [0.3, 0.4) is 0 Å². The van der Waals surface area contributed by atoms with Gasteiger partial charge in [0.25, 0.3) is 0 Å². The van der Waals surface area contributed by atoms with Gasteiger partial charge in [-0.3, -0.25) is 9.48 Å². The minimum absolute atomic E-state index is 0.0398. The van der Waals surface area contributed by atoms with Gasteiger partial charge in [-0.2, -0.15) is 5.10 Å². The molecule has 0 fully saturated rings. The van der Waals surface area contributed by atoms with Crippen LogP contribution in [0.2, 0.25) is 0 Å². The summed E-state index contributed by atoms with van der Waals surface area (Å²) in [7, 11) is 1.56. The molecule has 1 atom stereocenters. The van der Waals surface area contributed by atoms with Gasteiger partial charge in [0.2, 0.25) is 5.91 Å². The number of carbonyl (C=O) groups excluding carboxylic acids is 1. The van der Waals surface area contributed by atoms with Gasteiger partial charge in [-0.1, -0.05) is 18.2 Å². The van der Waals surface area contributed by atoms with E-state index in [0.29, 0.717) is 17.5 Å². The van der Waals surface area contributed by atoms with E-state index >= 15 is 0 Å². The number of carboxylic acid groups (broad SMARTS) is 1. The van der Waals surface area contributed by atoms with E-state index in [4.69, 9.17) is 9.84 Å². The van der Waals surface area contributed by atoms with Crippen molar-refractivity contribution in [2.45, 2.75) is 19.5 Å². The van der Waals surface area contributed by atoms with Crippen LogP contribution in [0.25, 0.3) is 10.9 Å². The van der Waals surface area contributed by atoms with E-state index in [-0.39, 0.29) is 24.2 Å². The summed E-state index contributed by atoms with van der Waals surface area (Å²) in [5, 5.41) is 16.4. The second-order valence-corrected chi connectivity index (χ2v) is 4.75. The van der Waals surface area contributed by atoms with Gasteiger partial charge < -0.3 is 15.2 Å². The molecule has 2 rings (SSSR count). The Balaban J connectivity index is 2.22. The van der Waals surface area contributed by atoms with Crippen molar-refractivity contribution in [2.24, 2.45) is 0 Å². The van der Waals surface area contributed by atoms with Crippen LogP contribution in [0, 0.1) is 0 Å². The molecule has 0 spiro atoms. The third kappa shape index (κ3) is 3.38. The van der Waals surface area contributed by atoms with Crippen LogP contribution in [0.4, 0.5) is 0 Å². The highest BCUT2D eigenvalue weighted by atomic mass is 16.5. The van der Waals surface area contributed by atoms with Gasteiger partial charge in [0.1, 0.15) is 6.54 Å². The van der Waals surface area contributed by atoms with E-state index < -0.39 is 5.97 Å². The monoisotopic (exact) mass is 291 g/mol. The van der Waals surface area contributed by atoms with Crippen molar-refractivity contribution in [3.8, 4) is 0 Å². The quantitative estimate of drug-likeness (QED) is 0.824. The number of benzene rings is 1. The molecule has 0 radical (unpaired) electrons. The number of ether oxygens (including phenoxy) is 1. The first-order chi connectivity index (χ1) is 10.0. The van der Waals surface area contributed by atoms with Gasteiger partial charge in [-0.15, -0.1) is 0 Å². The number of nitrogens with zero attached hydrogens (tertiary/aromatic N) is 2. The number of para-hydroxylation sites is 1. The van der Waals surface area contributed by atoms with Gasteiger partial charge in [-0.25, -0.2) is 4.79 Å². The highest BCUT2D eigenvalue weighted by Gasteiger charge is 2.17. The lowest BCUT2D eigenvalue weighted by atomic mass is 10.2. The van der Waals surface area contributed by atoms with Crippen LogP contribution >= 0.6 is 0 Å². The Morgan fingerprint density at radius 2 is 2.14 bits per heavy atom. The number of aromatic carboxylic acids is 1. The second-order valence-electron chi connectivity index (χ2n) is 4.75. The summed E-state index contributed by atoms with van der Waals surface area (Å²) in [6.07, 6.45) is 0. The Kier molecular flexibility index (Phi) is 4.54. The molecule has 7 nitrogen and oxygen atoms in total. The molecule has 7 heteroatoms. The summed E-state index contributed by atoms with van der Waals surface area (Å²) in [5.41, 5.74) is 0.563. The van der Waals surface area contributed by atoms with E-state index in [1.807, 2.05) is 6.92 Å². The Hall–Kier alpha value is -2.41. The molecule has 1 aromatic heterocycles. The third-order valence-electron chi connectivity index (χ3n) is 2.98. The number of hydrogen-bond donors (Lipinski definition) is 2. The summed E-state index contributed by atoms with van der Waals surface area (Å²) in [6.45, 7) is 2.19. The molecule has 0 aliphatic rings. The molecule has 0 saturated heterocycles. The highest BCUT2D eigenvalue weighted by Crippen LogP contribution is 2.18. The molecule has 0 bridgehead atoms. The normalized spacial score (nSPS) is 12.3. The average molecular weight is 291 g/mol.